The van der Waals surface area contributed by atoms with Gasteiger partial charge in [-0.25, -0.2) is 4.98 Å². The lowest BCUT2D eigenvalue weighted by Gasteiger charge is -2.31. The fraction of sp³-hybridized carbons (Fsp3) is 0.611. The lowest BCUT2D eigenvalue weighted by atomic mass is 10.2. The Morgan fingerprint density at radius 3 is 2.77 bits per heavy atom. The number of nitrogens with zero attached hydrogens (tertiary/aromatic N) is 3. The number of piperazine rings is 1. The number of benzene rings is 1. The monoisotopic (exact) mass is 395 g/mol. The van der Waals surface area contributed by atoms with Gasteiger partial charge in [-0.2, -0.15) is 0 Å². The van der Waals surface area contributed by atoms with Gasteiger partial charge in [0.1, 0.15) is 0 Å². The summed E-state index contributed by atoms with van der Waals surface area (Å²) < 4.78 is 5.44. The SMILES string of the molecule is CC(CSc1nc2cc(N3CCNCC3)c(Cl)cc2[nH]1)N1CCOCC1. The maximum atomic E-state index is 6.54. The second-order valence-corrected chi connectivity index (χ2v) is 8.32. The van der Waals surface area contributed by atoms with Crippen molar-refractivity contribution in [1.29, 1.82) is 0 Å². The number of morpholine rings is 1. The van der Waals surface area contributed by atoms with Crippen LogP contribution < -0.4 is 10.2 Å². The van der Waals surface area contributed by atoms with Gasteiger partial charge in [0.05, 0.1) is 35.0 Å². The third kappa shape index (κ3) is 4.12. The smallest absolute Gasteiger partial charge is 0.166 e. The number of anilines is 1. The van der Waals surface area contributed by atoms with E-state index in [1.54, 1.807) is 11.8 Å². The Morgan fingerprint density at radius 1 is 1.23 bits per heavy atom. The summed E-state index contributed by atoms with van der Waals surface area (Å²) in [6, 6.07) is 4.64. The molecule has 0 aliphatic carbocycles. The van der Waals surface area contributed by atoms with E-state index in [4.69, 9.17) is 21.3 Å². The number of aromatic nitrogens is 2. The number of nitrogens with one attached hydrogen (secondary N) is 2. The van der Waals surface area contributed by atoms with Gasteiger partial charge in [-0.05, 0) is 19.1 Å². The van der Waals surface area contributed by atoms with E-state index in [1.807, 2.05) is 6.07 Å². The number of ether oxygens (including phenoxy) is 1. The minimum Gasteiger partial charge on any atom is -0.379 e. The van der Waals surface area contributed by atoms with Gasteiger partial charge >= 0.3 is 0 Å². The third-order valence-corrected chi connectivity index (χ3v) is 6.54. The maximum absolute atomic E-state index is 6.54. The van der Waals surface area contributed by atoms with Crippen LogP contribution in [0.5, 0.6) is 0 Å². The first kappa shape index (κ1) is 18.4. The molecule has 2 aliphatic heterocycles. The van der Waals surface area contributed by atoms with Crippen molar-refractivity contribution in [3.8, 4) is 0 Å². The summed E-state index contributed by atoms with van der Waals surface area (Å²) in [7, 11) is 0. The van der Waals surface area contributed by atoms with Gasteiger partial charge in [0.2, 0.25) is 0 Å². The standard InChI is InChI=1S/C18H26ClN5OS/c1-13(23-6-8-25-9-7-23)12-26-18-21-15-10-14(19)17(11-16(15)22-18)24-4-2-20-3-5-24/h10-11,13,20H,2-9,12H2,1H3,(H,21,22). The molecule has 26 heavy (non-hydrogen) atoms. The molecule has 0 radical (unpaired) electrons. The highest BCUT2D eigenvalue weighted by molar-refractivity contribution is 7.99. The lowest BCUT2D eigenvalue weighted by Crippen LogP contribution is -2.43. The predicted octanol–water partition coefficient (Wildman–Crippen LogP) is 2.44. The number of hydrogen-bond acceptors (Lipinski definition) is 6. The number of halogens is 1. The highest BCUT2D eigenvalue weighted by Gasteiger charge is 2.19. The van der Waals surface area contributed by atoms with E-state index in [2.05, 4.69) is 33.1 Å². The van der Waals surface area contributed by atoms with Crippen LogP contribution in [0.25, 0.3) is 11.0 Å². The average Bonchev–Trinajstić information content (AvgIpc) is 3.08. The minimum absolute atomic E-state index is 0.511. The van der Waals surface area contributed by atoms with E-state index in [9.17, 15) is 0 Å². The molecule has 0 saturated carbocycles. The van der Waals surface area contributed by atoms with Crippen LogP contribution in [0.3, 0.4) is 0 Å². The van der Waals surface area contributed by atoms with E-state index in [0.717, 1.165) is 85.1 Å². The molecule has 2 aromatic rings. The topological polar surface area (TPSA) is 56.4 Å². The molecule has 2 aliphatic rings. The fourth-order valence-corrected chi connectivity index (χ4v) is 4.77. The highest BCUT2D eigenvalue weighted by atomic mass is 35.5. The molecule has 1 aromatic heterocycles. The molecule has 0 amide bonds. The number of rotatable bonds is 5. The van der Waals surface area contributed by atoms with Gasteiger partial charge in [0, 0.05) is 51.1 Å². The Labute approximate surface area is 163 Å². The molecule has 0 spiro atoms. The Bertz CT molecular complexity index is 743. The Hall–Kier alpha value is -0.990. The minimum atomic E-state index is 0.511. The molecule has 4 rings (SSSR count). The molecular formula is C18H26ClN5OS. The number of aromatic amines is 1. The van der Waals surface area contributed by atoms with Gasteiger partial charge in [0.25, 0.3) is 0 Å². The van der Waals surface area contributed by atoms with Crippen LogP contribution in [0.15, 0.2) is 17.3 Å². The molecule has 2 fully saturated rings. The first-order valence-electron chi connectivity index (χ1n) is 9.30. The second kappa shape index (κ2) is 8.35. The first-order chi connectivity index (χ1) is 12.7. The molecule has 1 unspecified atom stereocenters. The van der Waals surface area contributed by atoms with Crippen molar-refractivity contribution in [3.63, 3.8) is 0 Å². The van der Waals surface area contributed by atoms with Crippen molar-refractivity contribution < 1.29 is 4.74 Å². The Kier molecular flexibility index (Phi) is 5.90. The Morgan fingerprint density at radius 2 is 2.00 bits per heavy atom. The highest BCUT2D eigenvalue weighted by Crippen LogP contribution is 2.32. The number of thioether (sulfide) groups is 1. The van der Waals surface area contributed by atoms with Crippen molar-refractivity contribution in [3.05, 3.63) is 17.2 Å². The van der Waals surface area contributed by atoms with E-state index in [0.29, 0.717) is 6.04 Å². The largest absolute Gasteiger partial charge is 0.379 e. The van der Waals surface area contributed by atoms with Crippen molar-refractivity contribution in [2.75, 3.05) is 63.1 Å². The number of fused-ring (bicyclic) bond motifs is 1. The van der Waals surface area contributed by atoms with Gasteiger partial charge < -0.3 is 19.9 Å². The maximum Gasteiger partial charge on any atom is 0.166 e. The van der Waals surface area contributed by atoms with Crippen LogP contribution in [0.1, 0.15) is 6.92 Å². The van der Waals surface area contributed by atoms with Crippen LogP contribution in [-0.4, -0.2) is 79.1 Å². The summed E-state index contributed by atoms with van der Waals surface area (Å²) >= 11 is 8.32. The van der Waals surface area contributed by atoms with E-state index < -0.39 is 0 Å². The molecule has 8 heteroatoms. The fourth-order valence-electron chi connectivity index (χ4n) is 3.54. The zero-order valence-corrected chi connectivity index (χ0v) is 16.7. The lowest BCUT2D eigenvalue weighted by molar-refractivity contribution is 0.0246. The van der Waals surface area contributed by atoms with Crippen LogP contribution in [0.4, 0.5) is 5.69 Å². The normalized spacial score (nSPS) is 20.6. The summed E-state index contributed by atoms with van der Waals surface area (Å²) in [6.45, 7) is 9.95. The zero-order valence-electron chi connectivity index (χ0n) is 15.1. The predicted molar refractivity (Wildman–Crippen MR) is 109 cm³/mol. The van der Waals surface area contributed by atoms with Crippen molar-refractivity contribution >= 4 is 40.1 Å². The molecule has 2 saturated heterocycles. The molecule has 1 aromatic carbocycles. The molecule has 142 valence electrons. The number of imidazole rings is 1. The summed E-state index contributed by atoms with van der Waals surface area (Å²) in [5.41, 5.74) is 3.09. The number of H-pyrrole nitrogens is 1. The van der Waals surface area contributed by atoms with Gasteiger partial charge in [-0.3, -0.25) is 4.90 Å². The van der Waals surface area contributed by atoms with Crippen LogP contribution in [0, 0.1) is 0 Å². The molecule has 6 nitrogen and oxygen atoms in total. The van der Waals surface area contributed by atoms with E-state index in [-0.39, 0.29) is 0 Å². The molecule has 0 bridgehead atoms. The molecule has 3 heterocycles. The van der Waals surface area contributed by atoms with Crippen molar-refractivity contribution in [2.45, 2.75) is 18.1 Å². The van der Waals surface area contributed by atoms with E-state index >= 15 is 0 Å². The summed E-state index contributed by atoms with van der Waals surface area (Å²) in [5.74, 6) is 1.01. The van der Waals surface area contributed by atoms with Gasteiger partial charge in [-0.15, -0.1) is 0 Å². The Balaban J connectivity index is 1.45. The zero-order chi connectivity index (χ0) is 17.9. The average molecular weight is 396 g/mol. The molecule has 1 atom stereocenters. The number of hydrogen-bond donors (Lipinski definition) is 2. The van der Waals surface area contributed by atoms with Crippen LogP contribution >= 0.6 is 23.4 Å². The second-order valence-electron chi connectivity index (χ2n) is 6.91. The summed E-state index contributed by atoms with van der Waals surface area (Å²) in [5, 5.41) is 5.14. The van der Waals surface area contributed by atoms with Crippen LogP contribution in [-0.2, 0) is 4.74 Å². The van der Waals surface area contributed by atoms with E-state index in [1.165, 1.54) is 0 Å². The third-order valence-electron chi connectivity index (χ3n) is 5.12. The van der Waals surface area contributed by atoms with Crippen molar-refractivity contribution in [1.82, 2.24) is 20.2 Å². The molecule has 2 N–H and O–H groups in total. The quantitative estimate of drug-likeness (QED) is 0.758. The van der Waals surface area contributed by atoms with Crippen molar-refractivity contribution in [2.24, 2.45) is 0 Å². The van der Waals surface area contributed by atoms with Gasteiger partial charge in [-0.1, -0.05) is 23.4 Å². The van der Waals surface area contributed by atoms with Gasteiger partial charge in [0.15, 0.2) is 5.16 Å². The summed E-state index contributed by atoms with van der Waals surface area (Å²) in [6.07, 6.45) is 0. The molecular weight excluding hydrogens is 370 g/mol. The van der Waals surface area contributed by atoms with Crippen LogP contribution in [0.2, 0.25) is 5.02 Å². The summed E-state index contributed by atoms with van der Waals surface area (Å²) in [4.78, 5) is 13.0. The first-order valence-corrected chi connectivity index (χ1v) is 10.7.